The summed E-state index contributed by atoms with van der Waals surface area (Å²) in [6, 6.07) is 0. The normalized spacial score (nSPS) is 33.9. The van der Waals surface area contributed by atoms with Crippen LogP contribution in [0.25, 0.3) is 0 Å². The smallest absolute Gasteiger partial charge is 0.411 e. The molecule has 2 rings (SSSR count). The molecule has 21 heavy (non-hydrogen) atoms. The second-order valence-corrected chi connectivity index (χ2v) is 6.45. The zero-order valence-electron chi connectivity index (χ0n) is 10.7. The van der Waals surface area contributed by atoms with Crippen molar-refractivity contribution < 1.29 is 44.3 Å². The molecule has 0 aromatic carbocycles. The third-order valence-electron chi connectivity index (χ3n) is 3.55. The van der Waals surface area contributed by atoms with E-state index in [4.69, 9.17) is 14.9 Å². The number of ether oxygens (including phenoxy) is 1. The van der Waals surface area contributed by atoms with Gasteiger partial charge in [0.05, 0.1) is 17.6 Å². The number of hydrogen-bond acceptors (Lipinski definition) is 6. The number of amides is 1. The summed E-state index contributed by atoms with van der Waals surface area (Å²) in [6.45, 7) is -0.808. The Morgan fingerprint density at radius 1 is 1.33 bits per heavy atom. The minimum atomic E-state index is -4.73. The Labute approximate surface area is 119 Å². The third kappa shape index (κ3) is 2.84. The second kappa shape index (κ2) is 5.65. The van der Waals surface area contributed by atoms with Gasteiger partial charge in [-0.1, -0.05) is 0 Å². The average molecular weight is 325 g/mol. The number of rotatable bonds is 3. The zero-order valence-corrected chi connectivity index (χ0v) is 11.6. The van der Waals surface area contributed by atoms with Crippen LogP contribution in [0.3, 0.4) is 0 Å². The molecule has 2 aliphatic rings. The first-order chi connectivity index (χ1) is 9.68. The lowest BCUT2D eigenvalue weighted by molar-refractivity contribution is -0.0176. The Hall–Kier alpha value is -1.00. The highest BCUT2D eigenvalue weighted by molar-refractivity contribution is 7.56. The van der Waals surface area contributed by atoms with E-state index in [-0.39, 0.29) is 18.7 Å². The minimum absolute atomic E-state index is 0.183. The summed E-state index contributed by atoms with van der Waals surface area (Å²) < 4.78 is 16.6. The summed E-state index contributed by atoms with van der Waals surface area (Å²) in [5, 5.41) is 37.3. The monoisotopic (exact) mass is 325 g/mol. The van der Waals surface area contributed by atoms with Crippen LogP contribution < -0.4 is 0 Å². The van der Waals surface area contributed by atoms with Gasteiger partial charge in [0.15, 0.2) is 0 Å². The molecule has 4 atom stereocenters. The summed E-state index contributed by atoms with van der Waals surface area (Å²) in [6.07, 6.45) is -7.32. The molecule has 6 N–H and O–H groups in total. The van der Waals surface area contributed by atoms with Gasteiger partial charge in [0, 0.05) is 13.0 Å². The molecule has 0 saturated carbocycles. The maximum Gasteiger partial charge on any atom is 0.411 e. The molecular formula is C10H16NO9P. The van der Waals surface area contributed by atoms with Crippen LogP contribution in [0.2, 0.25) is 0 Å². The standard InChI is InChI=1S/C10H16NO9P/c12-3-4-7(13)8(14)9(20-4)6-5(21(17,18)19)1-2-11(6)10(15)16/h4,7-9,12-14H,1-3H2,(H,15,16)(H2,17,18,19)/t4-,7-,8-,9?/m1/s1. The van der Waals surface area contributed by atoms with E-state index in [2.05, 4.69) is 0 Å². The first-order valence-electron chi connectivity index (χ1n) is 6.10. The quantitative estimate of drug-likeness (QED) is 0.329. The van der Waals surface area contributed by atoms with Gasteiger partial charge in [-0.15, -0.1) is 0 Å². The van der Waals surface area contributed by atoms with Crippen molar-refractivity contribution in [2.75, 3.05) is 13.2 Å². The lowest BCUT2D eigenvalue weighted by atomic mass is 10.1. The number of carbonyl (C=O) groups is 1. The van der Waals surface area contributed by atoms with Crippen LogP contribution in [0.15, 0.2) is 11.0 Å². The molecule has 0 bridgehead atoms. The molecule has 1 amide bonds. The summed E-state index contributed by atoms with van der Waals surface area (Å²) >= 11 is 0. The topological polar surface area (TPSA) is 168 Å². The van der Waals surface area contributed by atoms with Gasteiger partial charge in [-0.2, -0.15) is 0 Å². The van der Waals surface area contributed by atoms with Gasteiger partial charge in [0.1, 0.15) is 24.4 Å². The maximum absolute atomic E-state index is 11.5. The van der Waals surface area contributed by atoms with Gasteiger partial charge in [-0.3, -0.25) is 9.46 Å². The van der Waals surface area contributed by atoms with Gasteiger partial charge in [-0.05, 0) is 0 Å². The Morgan fingerprint density at radius 2 is 1.95 bits per heavy atom. The molecule has 2 aliphatic heterocycles. The number of carboxylic acid groups (broad SMARTS) is 1. The molecule has 11 heteroatoms. The van der Waals surface area contributed by atoms with E-state index in [0.717, 1.165) is 0 Å². The SMILES string of the molecule is O=C(O)N1CCC(P(=O)(O)O)=C1C1O[C@H](CO)[C@@H](O)[C@H]1O. The van der Waals surface area contributed by atoms with Gasteiger partial charge >= 0.3 is 13.7 Å². The van der Waals surface area contributed by atoms with Crippen LogP contribution in [0.5, 0.6) is 0 Å². The summed E-state index contributed by atoms with van der Waals surface area (Å²) in [5.74, 6) is 0. The van der Waals surface area contributed by atoms with Gasteiger partial charge < -0.3 is 34.9 Å². The van der Waals surface area contributed by atoms with E-state index in [1.807, 2.05) is 0 Å². The van der Waals surface area contributed by atoms with Gasteiger partial charge in [0.2, 0.25) is 0 Å². The highest BCUT2D eigenvalue weighted by atomic mass is 31.2. The van der Waals surface area contributed by atoms with Crippen LogP contribution in [-0.2, 0) is 9.30 Å². The van der Waals surface area contributed by atoms with Crippen molar-refractivity contribution in [3.05, 3.63) is 11.0 Å². The molecule has 1 fully saturated rings. The molecule has 10 nitrogen and oxygen atoms in total. The molecule has 2 heterocycles. The molecule has 120 valence electrons. The van der Waals surface area contributed by atoms with E-state index in [9.17, 15) is 29.4 Å². The molecule has 0 aliphatic carbocycles. The Balaban J connectivity index is 2.45. The van der Waals surface area contributed by atoms with Crippen LogP contribution in [-0.4, -0.2) is 78.8 Å². The number of nitrogens with zero attached hydrogens (tertiary/aromatic N) is 1. The van der Waals surface area contributed by atoms with E-state index in [1.165, 1.54) is 0 Å². The number of aliphatic hydroxyl groups excluding tert-OH is 3. The first kappa shape index (κ1) is 16.4. The van der Waals surface area contributed by atoms with Crippen molar-refractivity contribution in [2.24, 2.45) is 0 Å². The van der Waals surface area contributed by atoms with Crippen LogP contribution in [0.4, 0.5) is 4.79 Å². The molecule has 0 aromatic rings. The highest BCUT2D eigenvalue weighted by Gasteiger charge is 2.50. The zero-order chi connectivity index (χ0) is 15.9. The van der Waals surface area contributed by atoms with E-state index in [0.29, 0.717) is 4.90 Å². The molecule has 0 radical (unpaired) electrons. The summed E-state index contributed by atoms with van der Waals surface area (Å²) in [4.78, 5) is 30.5. The highest BCUT2D eigenvalue weighted by Crippen LogP contribution is 2.53. The predicted octanol–water partition coefficient (Wildman–Crippen LogP) is -1.76. The molecule has 0 spiro atoms. The van der Waals surface area contributed by atoms with Gasteiger partial charge in [0.25, 0.3) is 0 Å². The van der Waals surface area contributed by atoms with Crippen molar-refractivity contribution in [3.63, 3.8) is 0 Å². The Morgan fingerprint density at radius 3 is 2.38 bits per heavy atom. The van der Waals surface area contributed by atoms with E-state index < -0.39 is 50.0 Å². The average Bonchev–Trinajstić information content (AvgIpc) is 2.92. The second-order valence-electron chi connectivity index (χ2n) is 4.82. The number of aliphatic hydroxyl groups is 3. The van der Waals surface area contributed by atoms with E-state index in [1.54, 1.807) is 0 Å². The molecule has 1 unspecified atom stereocenters. The minimum Gasteiger partial charge on any atom is -0.465 e. The molecular weight excluding hydrogens is 309 g/mol. The lowest BCUT2D eigenvalue weighted by Crippen LogP contribution is -2.39. The lowest BCUT2D eigenvalue weighted by Gasteiger charge is -2.24. The summed E-state index contributed by atoms with van der Waals surface area (Å²) in [5.41, 5.74) is -0.363. The fourth-order valence-electron chi connectivity index (χ4n) is 2.56. The Kier molecular flexibility index (Phi) is 4.41. The third-order valence-corrected chi connectivity index (χ3v) is 4.71. The van der Waals surface area contributed by atoms with Crippen molar-refractivity contribution >= 4 is 13.7 Å². The molecule has 1 saturated heterocycles. The predicted molar refractivity (Wildman–Crippen MR) is 66.2 cm³/mol. The summed E-state index contributed by atoms with van der Waals surface area (Å²) in [7, 11) is -4.73. The fraction of sp³-hybridized carbons (Fsp3) is 0.700. The number of hydrogen-bond donors (Lipinski definition) is 6. The Bertz CT molecular complexity index is 515. The van der Waals surface area contributed by atoms with E-state index >= 15 is 0 Å². The first-order valence-corrected chi connectivity index (χ1v) is 7.71. The van der Waals surface area contributed by atoms with Crippen molar-refractivity contribution in [1.29, 1.82) is 0 Å². The van der Waals surface area contributed by atoms with Crippen molar-refractivity contribution in [3.8, 4) is 0 Å². The van der Waals surface area contributed by atoms with Crippen LogP contribution >= 0.6 is 7.60 Å². The van der Waals surface area contributed by atoms with Crippen molar-refractivity contribution in [1.82, 2.24) is 4.90 Å². The van der Waals surface area contributed by atoms with Crippen LogP contribution in [0, 0.1) is 0 Å². The van der Waals surface area contributed by atoms with Gasteiger partial charge in [-0.25, -0.2) is 4.79 Å². The largest absolute Gasteiger partial charge is 0.465 e. The van der Waals surface area contributed by atoms with Crippen LogP contribution in [0.1, 0.15) is 6.42 Å². The maximum atomic E-state index is 11.5. The molecule has 0 aromatic heterocycles. The fourth-order valence-corrected chi connectivity index (χ4v) is 3.50. The van der Waals surface area contributed by atoms with Crippen molar-refractivity contribution in [2.45, 2.75) is 30.8 Å².